The lowest BCUT2D eigenvalue weighted by atomic mass is 10.2. The number of hydrogen-bond donors (Lipinski definition) is 2. The molecule has 0 saturated carbocycles. The predicted octanol–water partition coefficient (Wildman–Crippen LogP) is 3.47. The number of carbonyl (C=O) groups is 2. The zero-order chi connectivity index (χ0) is 15.2. The number of benzene rings is 2. The largest absolute Gasteiger partial charge is 0.343 e. The van der Waals surface area contributed by atoms with Crippen molar-refractivity contribution < 1.29 is 9.59 Å². The van der Waals surface area contributed by atoms with Crippen LogP contribution in [-0.4, -0.2) is 18.4 Å². The van der Waals surface area contributed by atoms with Crippen molar-refractivity contribution in [2.24, 2.45) is 0 Å². The summed E-state index contributed by atoms with van der Waals surface area (Å²) in [5.41, 5.74) is 1.08. The van der Waals surface area contributed by atoms with E-state index in [1.165, 1.54) is 0 Å². The van der Waals surface area contributed by atoms with E-state index in [1.54, 1.807) is 42.5 Å². The molecule has 2 aromatic carbocycles. The molecule has 4 nitrogen and oxygen atoms in total. The van der Waals surface area contributed by atoms with Gasteiger partial charge < -0.3 is 10.6 Å². The Labute approximate surface area is 135 Å². The van der Waals surface area contributed by atoms with Crippen molar-refractivity contribution in [2.45, 2.75) is 0 Å². The van der Waals surface area contributed by atoms with E-state index in [0.29, 0.717) is 16.3 Å². The van der Waals surface area contributed by atoms with Gasteiger partial charge in [0.05, 0.1) is 11.6 Å². The molecule has 108 valence electrons. The number of amides is 2. The maximum absolute atomic E-state index is 11.8. The molecular weight excluding hydrogens is 356 g/mol. The highest BCUT2D eigenvalue weighted by molar-refractivity contribution is 9.10. The highest BCUT2D eigenvalue weighted by Gasteiger charge is 2.08. The van der Waals surface area contributed by atoms with Crippen LogP contribution in [0, 0.1) is 0 Å². The van der Waals surface area contributed by atoms with E-state index in [1.807, 2.05) is 6.07 Å². The van der Waals surface area contributed by atoms with Crippen LogP contribution in [0.3, 0.4) is 0 Å². The molecule has 6 heteroatoms. The first-order valence-electron chi connectivity index (χ1n) is 6.14. The highest BCUT2D eigenvalue weighted by Crippen LogP contribution is 2.25. The summed E-state index contributed by atoms with van der Waals surface area (Å²) in [6, 6.07) is 13.8. The van der Waals surface area contributed by atoms with Gasteiger partial charge in [0, 0.05) is 15.7 Å². The van der Waals surface area contributed by atoms with E-state index < -0.39 is 0 Å². The summed E-state index contributed by atoms with van der Waals surface area (Å²) in [5, 5.41) is 5.71. The molecule has 0 spiro atoms. The standard InChI is InChI=1S/C15H12BrClN2O2/c16-12-7-6-11(8-13(12)17)19-14(20)9-18-15(21)10-4-2-1-3-5-10/h1-8H,9H2,(H,18,21)(H,19,20). The number of carbonyl (C=O) groups excluding carboxylic acids is 2. The van der Waals surface area contributed by atoms with Crippen molar-refractivity contribution in [2.75, 3.05) is 11.9 Å². The van der Waals surface area contributed by atoms with Crippen LogP contribution in [0.5, 0.6) is 0 Å². The molecule has 0 aromatic heterocycles. The summed E-state index contributed by atoms with van der Waals surface area (Å²) < 4.78 is 0.750. The first-order valence-corrected chi connectivity index (χ1v) is 7.31. The van der Waals surface area contributed by atoms with Crippen molar-refractivity contribution in [1.82, 2.24) is 5.32 Å². The van der Waals surface area contributed by atoms with Gasteiger partial charge in [0.25, 0.3) is 5.91 Å². The normalized spacial score (nSPS) is 10.0. The quantitative estimate of drug-likeness (QED) is 0.869. The van der Waals surface area contributed by atoms with E-state index in [9.17, 15) is 9.59 Å². The van der Waals surface area contributed by atoms with Crippen LogP contribution in [0.2, 0.25) is 5.02 Å². The van der Waals surface area contributed by atoms with Crippen LogP contribution >= 0.6 is 27.5 Å². The van der Waals surface area contributed by atoms with Gasteiger partial charge in [-0.1, -0.05) is 29.8 Å². The number of halogens is 2. The minimum atomic E-state index is -0.322. The second kappa shape index (κ2) is 7.24. The molecule has 0 saturated heterocycles. The molecule has 0 heterocycles. The summed E-state index contributed by atoms with van der Waals surface area (Å²) in [4.78, 5) is 23.5. The first-order chi connectivity index (χ1) is 10.1. The molecule has 0 unspecified atom stereocenters. The van der Waals surface area contributed by atoms with Gasteiger partial charge in [0.2, 0.25) is 5.91 Å². The maximum atomic E-state index is 11.8. The minimum Gasteiger partial charge on any atom is -0.343 e. The molecule has 0 bridgehead atoms. The maximum Gasteiger partial charge on any atom is 0.251 e. The Morgan fingerprint density at radius 1 is 1.10 bits per heavy atom. The molecule has 2 aromatic rings. The predicted molar refractivity (Wildman–Crippen MR) is 86.6 cm³/mol. The van der Waals surface area contributed by atoms with Crippen LogP contribution < -0.4 is 10.6 Å². The van der Waals surface area contributed by atoms with Crippen LogP contribution in [-0.2, 0) is 4.79 Å². The Bertz CT molecular complexity index is 662. The third-order valence-corrected chi connectivity index (χ3v) is 3.88. The SMILES string of the molecule is O=C(CNC(=O)c1ccccc1)Nc1ccc(Br)c(Cl)c1. The molecule has 0 aliphatic heterocycles. The fourth-order valence-electron chi connectivity index (χ4n) is 1.63. The molecule has 0 aliphatic carbocycles. The average Bonchev–Trinajstić information content (AvgIpc) is 2.49. The van der Waals surface area contributed by atoms with Gasteiger partial charge in [-0.2, -0.15) is 0 Å². The zero-order valence-corrected chi connectivity index (χ0v) is 13.2. The van der Waals surface area contributed by atoms with Crippen LogP contribution in [0.4, 0.5) is 5.69 Å². The van der Waals surface area contributed by atoms with Gasteiger partial charge in [0.1, 0.15) is 0 Å². The van der Waals surface area contributed by atoms with Crippen molar-refractivity contribution in [3.63, 3.8) is 0 Å². The summed E-state index contributed by atoms with van der Waals surface area (Å²) >= 11 is 9.21. The van der Waals surface area contributed by atoms with E-state index in [4.69, 9.17) is 11.6 Å². The lowest BCUT2D eigenvalue weighted by Crippen LogP contribution is -2.32. The Balaban J connectivity index is 1.87. The Hall–Kier alpha value is -1.85. The molecule has 2 rings (SSSR count). The lowest BCUT2D eigenvalue weighted by molar-refractivity contribution is -0.115. The van der Waals surface area contributed by atoms with Crippen molar-refractivity contribution in [1.29, 1.82) is 0 Å². The summed E-state index contributed by atoms with van der Waals surface area (Å²) in [5.74, 6) is -0.614. The van der Waals surface area contributed by atoms with E-state index in [0.717, 1.165) is 4.47 Å². The van der Waals surface area contributed by atoms with Gasteiger partial charge in [-0.05, 0) is 46.3 Å². The summed E-state index contributed by atoms with van der Waals surface area (Å²) in [6.07, 6.45) is 0. The van der Waals surface area contributed by atoms with Crippen molar-refractivity contribution >= 4 is 45.0 Å². The second-order valence-electron chi connectivity index (χ2n) is 4.23. The van der Waals surface area contributed by atoms with E-state index in [2.05, 4.69) is 26.6 Å². The van der Waals surface area contributed by atoms with Gasteiger partial charge >= 0.3 is 0 Å². The molecule has 0 aliphatic rings. The number of rotatable bonds is 4. The van der Waals surface area contributed by atoms with Gasteiger partial charge in [-0.25, -0.2) is 0 Å². The molecule has 0 radical (unpaired) electrons. The van der Waals surface area contributed by atoms with Crippen molar-refractivity contribution in [3.05, 3.63) is 63.6 Å². The zero-order valence-electron chi connectivity index (χ0n) is 10.9. The molecular formula is C15H12BrClN2O2. The number of nitrogens with one attached hydrogen (secondary N) is 2. The molecule has 2 N–H and O–H groups in total. The Morgan fingerprint density at radius 3 is 2.48 bits per heavy atom. The monoisotopic (exact) mass is 366 g/mol. The van der Waals surface area contributed by atoms with Crippen LogP contribution in [0.15, 0.2) is 53.0 Å². The third kappa shape index (κ3) is 4.58. The van der Waals surface area contributed by atoms with Crippen molar-refractivity contribution in [3.8, 4) is 0 Å². The van der Waals surface area contributed by atoms with Crippen LogP contribution in [0.25, 0.3) is 0 Å². The topological polar surface area (TPSA) is 58.2 Å². The number of anilines is 1. The van der Waals surface area contributed by atoms with Gasteiger partial charge in [-0.15, -0.1) is 0 Å². The first kappa shape index (κ1) is 15.5. The summed E-state index contributed by atoms with van der Waals surface area (Å²) in [7, 11) is 0. The molecule has 2 amide bonds. The fourth-order valence-corrected chi connectivity index (χ4v) is 2.06. The fraction of sp³-hybridized carbons (Fsp3) is 0.0667. The summed E-state index contributed by atoms with van der Waals surface area (Å²) in [6.45, 7) is -0.110. The third-order valence-electron chi connectivity index (χ3n) is 2.65. The van der Waals surface area contributed by atoms with Gasteiger partial charge in [-0.3, -0.25) is 9.59 Å². The van der Waals surface area contributed by atoms with Crippen LogP contribution in [0.1, 0.15) is 10.4 Å². The molecule has 0 fully saturated rings. The Morgan fingerprint density at radius 2 is 1.81 bits per heavy atom. The number of hydrogen-bond acceptors (Lipinski definition) is 2. The van der Waals surface area contributed by atoms with Gasteiger partial charge in [0.15, 0.2) is 0 Å². The average molecular weight is 368 g/mol. The van der Waals surface area contributed by atoms with E-state index >= 15 is 0 Å². The Kier molecular flexibility index (Phi) is 5.36. The second-order valence-corrected chi connectivity index (χ2v) is 5.49. The lowest BCUT2D eigenvalue weighted by Gasteiger charge is -2.08. The minimum absolute atomic E-state index is 0.110. The molecule has 21 heavy (non-hydrogen) atoms. The van der Waals surface area contributed by atoms with E-state index in [-0.39, 0.29) is 18.4 Å². The molecule has 0 atom stereocenters. The highest BCUT2D eigenvalue weighted by atomic mass is 79.9. The smallest absolute Gasteiger partial charge is 0.251 e.